The molecule has 1 atom stereocenters. The number of aryl methyl sites for hydroxylation is 2. The molecule has 0 bridgehead atoms. The van der Waals surface area contributed by atoms with Gasteiger partial charge in [-0.25, -0.2) is 4.98 Å². The van der Waals surface area contributed by atoms with Gasteiger partial charge in [0.05, 0.1) is 18.1 Å². The number of fused-ring (bicyclic) bond motifs is 1. The number of imidazole rings is 1. The van der Waals surface area contributed by atoms with Gasteiger partial charge in [-0.15, -0.1) is 0 Å². The van der Waals surface area contributed by atoms with Crippen LogP contribution >= 0.6 is 0 Å². The van der Waals surface area contributed by atoms with E-state index in [0.717, 1.165) is 45.2 Å². The molecule has 1 aromatic heterocycles. The van der Waals surface area contributed by atoms with Crippen molar-refractivity contribution < 1.29 is 0 Å². The Balaban J connectivity index is 1.90. The van der Waals surface area contributed by atoms with Crippen molar-refractivity contribution in [3.63, 3.8) is 0 Å². The van der Waals surface area contributed by atoms with E-state index in [1.54, 1.807) is 0 Å². The maximum atomic E-state index is 9.52. The molecule has 1 aromatic rings. The van der Waals surface area contributed by atoms with Crippen molar-refractivity contribution in [1.82, 2.24) is 14.9 Å². The van der Waals surface area contributed by atoms with Gasteiger partial charge in [-0.3, -0.25) is 5.32 Å². The molecule has 2 rings (SSSR count). The summed E-state index contributed by atoms with van der Waals surface area (Å²) in [5.41, 5.74) is 2.38. The van der Waals surface area contributed by atoms with Crippen molar-refractivity contribution in [2.75, 3.05) is 6.54 Å². The van der Waals surface area contributed by atoms with E-state index in [-0.39, 0.29) is 5.54 Å². The molecular weight excluding hydrogens is 260 g/mol. The molecule has 1 aliphatic carbocycles. The van der Waals surface area contributed by atoms with Crippen LogP contribution in [0.25, 0.3) is 0 Å². The Bertz CT molecular complexity index is 485. The molecule has 0 amide bonds. The zero-order valence-electron chi connectivity index (χ0n) is 13.5. The highest BCUT2D eigenvalue weighted by Crippen LogP contribution is 2.22. The minimum absolute atomic E-state index is 0.351. The van der Waals surface area contributed by atoms with Crippen molar-refractivity contribution in [3.8, 4) is 6.07 Å². The summed E-state index contributed by atoms with van der Waals surface area (Å²) in [6.07, 6.45) is 10.7. The van der Waals surface area contributed by atoms with E-state index < -0.39 is 0 Å². The lowest BCUT2D eigenvalue weighted by Crippen LogP contribution is -2.43. The van der Waals surface area contributed by atoms with Gasteiger partial charge in [0.1, 0.15) is 5.54 Å². The Morgan fingerprint density at radius 2 is 2.19 bits per heavy atom. The third kappa shape index (κ3) is 3.85. The second-order valence-corrected chi connectivity index (χ2v) is 6.12. The zero-order chi connectivity index (χ0) is 15.1. The summed E-state index contributed by atoms with van der Waals surface area (Å²) >= 11 is 0. The molecule has 1 aliphatic rings. The molecule has 0 aromatic carbocycles. The SMILES string of the molecule is CCCNC(C#N)(CC)CCCn1cnc2c1CCCC2. The molecule has 4 nitrogen and oxygen atoms in total. The summed E-state index contributed by atoms with van der Waals surface area (Å²) < 4.78 is 2.31. The van der Waals surface area contributed by atoms with Crippen LogP contribution in [0.2, 0.25) is 0 Å². The van der Waals surface area contributed by atoms with E-state index in [0.29, 0.717) is 0 Å². The maximum Gasteiger partial charge on any atom is 0.106 e. The van der Waals surface area contributed by atoms with Gasteiger partial charge in [0.2, 0.25) is 0 Å². The molecule has 0 saturated carbocycles. The van der Waals surface area contributed by atoms with Gasteiger partial charge in [-0.1, -0.05) is 13.8 Å². The van der Waals surface area contributed by atoms with Crippen molar-refractivity contribution in [2.45, 2.75) is 77.3 Å². The Morgan fingerprint density at radius 1 is 1.38 bits per heavy atom. The summed E-state index contributed by atoms with van der Waals surface area (Å²) in [6.45, 7) is 6.15. The molecule has 4 heteroatoms. The minimum atomic E-state index is -0.351. The number of aromatic nitrogens is 2. The van der Waals surface area contributed by atoms with Crippen LogP contribution in [0.5, 0.6) is 0 Å². The van der Waals surface area contributed by atoms with E-state index in [1.807, 2.05) is 6.33 Å². The van der Waals surface area contributed by atoms with E-state index in [2.05, 4.69) is 34.8 Å². The number of nitriles is 1. The molecule has 0 saturated heterocycles. The van der Waals surface area contributed by atoms with E-state index >= 15 is 0 Å². The van der Waals surface area contributed by atoms with Crippen LogP contribution in [0.1, 0.15) is 63.8 Å². The minimum Gasteiger partial charge on any atom is -0.334 e. The predicted molar refractivity (Wildman–Crippen MR) is 85.0 cm³/mol. The van der Waals surface area contributed by atoms with Crippen LogP contribution in [-0.4, -0.2) is 21.6 Å². The van der Waals surface area contributed by atoms with Crippen molar-refractivity contribution in [2.24, 2.45) is 0 Å². The highest BCUT2D eigenvalue weighted by molar-refractivity contribution is 5.16. The van der Waals surface area contributed by atoms with Crippen LogP contribution in [-0.2, 0) is 19.4 Å². The first-order valence-electron chi connectivity index (χ1n) is 8.44. The topological polar surface area (TPSA) is 53.6 Å². The highest BCUT2D eigenvalue weighted by atomic mass is 15.1. The second kappa shape index (κ2) is 7.61. The standard InChI is InChI=1S/C17H28N4/c1-3-11-20-17(4-2,13-18)10-7-12-21-14-19-15-8-5-6-9-16(15)21/h14,20H,3-12H2,1-2H3. The van der Waals surface area contributed by atoms with Gasteiger partial charge in [0.25, 0.3) is 0 Å². The summed E-state index contributed by atoms with van der Waals surface area (Å²) in [6, 6.07) is 2.51. The molecule has 116 valence electrons. The number of hydrogen-bond acceptors (Lipinski definition) is 3. The summed E-state index contributed by atoms with van der Waals surface area (Å²) in [5, 5.41) is 13.0. The fraction of sp³-hybridized carbons (Fsp3) is 0.765. The van der Waals surface area contributed by atoms with Crippen LogP contribution in [0.15, 0.2) is 6.33 Å². The first-order chi connectivity index (χ1) is 10.2. The van der Waals surface area contributed by atoms with Gasteiger partial charge in [-0.05, 0) is 57.9 Å². The predicted octanol–water partition coefficient (Wildman–Crippen LogP) is 3.21. The molecule has 0 fully saturated rings. The third-order valence-corrected chi connectivity index (χ3v) is 4.64. The highest BCUT2D eigenvalue weighted by Gasteiger charge is 2.26. The van der Waals surface area contributed by atoms with E-state index in [9.17, 15) is 5.26 Å². The Kier molecular flexibility index (Phi) is 5.81. The third-order valence-electron chi connectivity index (χ3n) is 4.64. The number of rotatable bonds is 8. The Hall–Kier alpha value is -1.34. The van der Waals surface area contributed by atoms with Gasteiger partial charge < -0.3 is 4.57 Å². The van der Waals surface area contributed by atoms with Crippen molar-refractivity contribution >= 4 is 0 Å². The molecule has 1 N–H and O–H groups in total. The molecule has 1 unspecified atom stereocenters. The second-order valence-electron chi connectivity index (χ2n) is 6.12. The van der Waals surface area contributed by atoms with Gasteiger partial charge in [0, 0.05) is 12.2 Å². The average Bonchev–Trinajstić information content (AvgIpc) is 2.94. The zero-order valence-corrected chi connectivity index (χ0v) is 13.5. The van der Waals surface area contributed by atoms with E-state index in [4.69, 9.17) is 0 Å². The van der Waals surface area contributed by atoms with Gasteiger partial charge in [-0.2, -0.15) is 5.26 Å². The van der Waals surface area contributed by atoms with Crippen LogP contribution in [0.3, 0.4) is 0 Å². The lowest BCUT2D eigenvalue weighted by atomic mass is 9.91. The average molecular weight is 288 g/mol. The first-order valence-corrected chi connectivity index (χ1v) is 8.44. The van der Waals surface area contributed by atoms with Crippen molar-refractivity contribution in [3.05, 3.63) is 17.7 Å². The van der Waals surface area contributed by atoms with Gasteiger partial charge >= 0.3 is 0 Å². The summed E-state index contributed by atoms with van der Waals surface area (Å²) in [4.78, 5) is 4.54. The molecule has 21 heavy (non-hydrogen) atoms. The summed E-state index contributed by atoms with van der Waals surface area (Å²) in [5.74, 6) is 0. The monoisotopic (exact) mass is 288 g/mol. The fourth-order valence-electron chi connectivity index (χ4n) is 3.20. The van der Waals surface area contributed by atoms with E-state index in [1.165, 1.54) is 30.7 Å². The lowest BCUT2D eigenvalue weighted by Gasteiger charge is -2.27. The molecule has 1 heterocycles. The quantitative estimate of drug-likeness (QED) is 0.799. The Labute approximate surface area is 128 Å². The molecule has 0 spiro atoms. The number of hydrogen-bond donors (Lipinski definition) is 1. The Morgan fingerprint density at radius 3 is 2.90 bits per heavy atom. The largest absolute Gasteiger partial charge is 0.334 e. The number of nitrogens with zero attached hydrogens (tertiary/aromatic N) is 3. The first kappa shape index (κ1) is 16.0. The number of nitrogens with one attached hydrogen (secondary N) is 1. The molecule has 0 radical (unpaired) electrons. The molecule has 0 aliphatic heterocycles. The van der Waals surface area contributed by atoms with Crippen LogP contribution in [0, 0.1) is 11.3 Å². The van der Waals surface area contributed by atoms with Gasteiger partial charge in [0.15, 0.2) is 0 Å². The van der Waals surface area contributed by atoms with Crippen LogP contribution < -0.4 is 5.32 Å². The van der Waals surface area contributed by atoms with Crippen LogP contribution in [0.4, 0.5) is 0 Å². The van der Waals surface area contributed by atoms with Crippen molar-refractivity contribution in [1.29, 1.82) is 5.26 Å². The molecular formula is C17H28N4. The fourth-order valence-corrected chi connectivity index (χ4v) is 3.20. The maximum absolute atomic E-state index is 9.52. The lowest BCUT2D eigenvalue weighted by molar-refractivity contribution is 0.354. The summed E-state index contributed by atoms with van der Waals surface area (Å²) in [7, 11) is 0. The smallest absolute Gasteiger partial charge is 0.106 e. The normalized spacial score (nSPS) is 17.0.